The van der Waals surface area contributed by atoms with Gasteiger partial charge in [-0.2, -0.15) is 5.10 Å². The first-order valence-electron chi connectivity index (χ1n) is 7.51. The van der Waals surface area contributed by atoms with Gasteiger partial charge in [-0.15, -0.1) is 0 Å². The lowest BCUT2D eigenvalue weighted by Gasteiger charge is -2.30. The molecule has 124 valence electrons. The highest BCUT2D eigenvalue weighted by molar-refractivity contribution is 5.94. The Morgan fingerprint density at radius 3 is 2.68 bits per heavy atom. The molecule has 0 bridgehead atoms. The molecule has 0 spiro atoms. The van der Waals surface area contributed by atoms with E-state index in [2.05, 4.69) is 10.2 Å². The van der Waals surface area contributed by atoms with E-state index in [4.69, 9.17) is 4.74 Å². The molecular weight excluding hydrogens is 286 g/mol. The molecule has 2 heterocycles. The summed E-state index contributed by atoms with van der Waals surface area (Å²) in [6.45, 7) is 5.50. The van der Waals surface area contributed by atoms with Gasteiger partial charge in [-0.3, -0.25) is 9.89 Å². The van der Waals surface area contributed by atoms with Gasteiger partial charge < -0.3 is 19.8 Å². The molecule has 1 aliphatic heterocycles. The Labute approximate surface area is 130 Å². The lowest BCUT2D eigenvalue weighted by molar-refractivity contribution is -0.00705. The van der Waals surface area contributed by atoms with Gasteiger partial charge in [0.2, 0.25) is 0 Å². The molecule has 22 heavy (non-hydrogen) atoms. The fourth-order valence-corrected chi connectivity index (χ4v) is 2.83. The smallest absolute Gasteiger partial charge is 0.274 e. The van der Waals surface area contributed by atoms with Crippen molar-refractivity contribution in [2.45, 2.75) is 39.4 Å². The summed E-state index contributed by atoms with van der Waals surface area (Å²) in [6.07, 6.45) is 0.567. The number of aliphatic hydroxyl groups is 2. The van der Waals surface area contributed by atoms with Crippen molar-refractivity contribution in [2.75, 3.05) is 26.8 Å². The van der Waals surface area contributed by atoms with Crippen LogP contribution in [0.15, 0.2) is 0 Å². The molecule has 7 heteroatoms. The number of amides is 1. The Bertz CT molecular complexity index is 539. The molecule has 2 rings (SSSR count). The fraction of sp³-hybridized carbons (Fsp3) is 0.733. The number of carbonyl (C=O) groups is 1. The second-order valence-electron chi connectivity index (χ2n) is 6.55. The van der Waals surface area contributed by atoms with Gasteiger partial charge >= 0.3 is 0 Å². The van der Waals surface area contributed by atoms with Gasteiger partial charge in [0, 0.05) is 31.0 Å². The van der Waals surface area contributed by atoms with Crippen LogP contribution in [0.1, 0.15) is 48.6 Å². The van der Waals surface area contributed by atoms with Crippen molar-refractivity contribution < 1.29 is 19.7 Å². The van der Waals surface area contributed by atoms with Crippen LogP contribution in [0.3, 0.4) is 0 Å². The van der Waals surface area contributed by atoms with E-state index in [0.29, 0.717) is 12.1 Å². The monoisotopic (exact) mass is 311 g/mol. The molecule has 0 unspecified atom stereocenters. The second kappa shape index (κ2) is 6.36. The number of nitrogens with one attached hydrogen (secondary N) is 1. The summed E-state index contributed by atoms with van der Waals surface area (Å²) >= 11 is 0. The fourth-order valence-electron chi connectivity index (χ4n) is 2.83. The molecule has 1 aromatic rings. The number of H-pyrrole nitrogens is 1. The molecule has 0 saturated heterocycles. The van der Waals surface area contributed by atoms with E-state index >= 15 is 0 Å². The lowest BCUT2D eigenvalue weighted by Crippen LogP contribution is -2.42. The normalized spacial score (nSPS) is 21.5. The molecule has 3 N–H and O–H groups in total. The third kappa shape index (κ3) is 3.16. The van der Waals surface area contributed by atoms with Crippen LogP contribution in [-0.4, -0.2) is 64.1 Å². The summed E-state index contributed by atoms with van der Waals surface area (Å²) < 4.78 is 5.72. The van der Waals surface area contributed by atoms with Crippen molar-refractivity contribution in [3.63, 3.8) is 0 Å². The van der Waals surface area contributed by atoms with Crippen molar-refractivity contribution in [1.29, 1.82) is 0 Å². The zero-order valence-corrected chi connectivity index (χ0v) is 13.6. The molecule has 0 radical (unpaired) electrons. The Kier molecular flexibility index (Phi) is 4.89. The Balaban J connectivity index is 2.20. The Morgan fingerprint density at radius 2 is 2.09 bits per heavy atom. The van der Waals surface area contributed by atoms with Gasteiger partial charge in [0.05, 0.1) is 31.1 Å². The van der Waals surface area contributed by atoms with Gasteiger partial charge in [-0.1, -0.05) is 6.92 Å². The minimum atomic E-state index is -0.732. The van der Waals surface area contributed by atoms with Crippen LogP contribution >= 0.6 is 0 Å². The highest BCUT2D eigenvalue weighted by Gasteiger charge is 2.32. The van der Waals surface area contributed by atoms with Gasteiger partial charge in [0.15, 0.2) is 5.69 Å². The minimum absolute atomic E-state index is 0.0390. The molecule has 7 nitrogen and oxygen atoms in total. The number of carbonyl (C=O) groups excluding carboxylic acids is 1. The van der Waals surface area contributed by atoms with Gasteiger partial charge in [-0.05, 0) is 13.8 Å². The van der Waals surface area contributed by atoms with Crippen molar-refractivity contribution in [1.82, 2.24) is 15.1 Å². The number of aromatic nitrogens is 2. The van der Waals surface area contributed by atoms with Gasteiger partial charge in [0.1, 0.15) is 0 Å². The summed E-state index contributed by atoms with van der Waals surface area (Å²) in [5.74, 6) is -0.216. The molecule has 0 aromatic carbocycles. The minimum Gasteiger partial charge on any atom is -0.396 e. The maximum absolute atomic E-state index is 12.6. The van der Waals surface area contributed by atoms with Crippen LogP contribution in [0.5, 0.6) is 0 Å². The van der Waals surface area contributed by atoms with E-state index in [1.807, 2.05) is 13.8 Å². The number of aliphatic hydroxyl groups excluding tert-OH is 2. The topological polar surface area (TPSA) is 98.7 Å². The number of aromatic amines is 1. The van der Waals surface area contributed by atoms with E-state index < -0.39 is 5.41 Å². The standard InChI is InChI=1S/C15H25N3O4/c1-9-5-11-12(10(2)22-9)16-17-13(11)14(21)18(4)6-15(3,7-19)8-20/h9-10,19-20H,5-8H2,1-4H3,(H,16,17)/t9-,10+/m1/s1. The third-order valence-electron chi connectivity index (χ3n) is 4.17. The van der Waals surface area contributed by atoms with Crippen LogP contribution in [0.2, 0.25) is 0 Å². The Morgan fingerprint density at radius 1 is 1.45 bits per heavy atom. The number of hydrogen-bond acceptors (Lipinski definition) is 5. The molecule has 2 atom stereocenters. The van der Waals surface area contributed by atoms with E-state index in [1.165, 1.54) is 4.90 Å². The SMILES string of the molecule is C[C@@H]1Cc2c(C(=O)N(C)CC(C)(CO)CO)n[nH]c2[C@H](C)O1. The largest absolute Gasteiger partial charge is 0.396 e. The molecule has 0 aliphatic carbocycles. The van der Waals surface area contributed by atoms with Crippen LogP contribution in [-0.2, 0) is 11.2 Å². The molecule has 0 fully saturated rings. The lowest BCUT2D eigenvalue weighted by atomic mass is 9.92. The number of rotatable bonds is 5. The molecular formula is C15H25N3O4. The van der Waals surface area contributed by atoms with Gasteiger partial charge in [-0.25, -0.2) is 0 Å². The molecule has 1 aliphatic rings. The summed E-state index contributed by atoms with van der Waals surface area (Å²) in [7, 11) is 1.65. The van der Waals surface area contributed by atoms with Crippen LogP contribution in [0.4, 0.5) is 0 Å². The summed E-state index contributed by atoms with van der Waals surface area (Å²) in [4.78, 5) is 14.1. The van der Waals surface area contributed by atoms with Crippen LogP contribution in [0.25, 0.3) is 0 Å². The maximum Gasteiger partial charge on any atom is 0.274 e. The maximum atomic E-state index is 12.6. The quantitative estimate of drug-likeness (QED) is 0.735. The van der Waals surface area contributed by atoms with Crippen molar-refractivity contribution in [2.24, 2.45) is 5.41 Å². The second-order valence-corrected chi connectivity index (χ2v) is 6.55. The number of nitrogens with zero attached hydrogens (tertiary/aromatic N) is 2. The summed E-state index contributed by atoms with van der Waals surface area (Å²) in [5, 5.41) is 25.8. The zero-order chi connectivity index (χ0) is 16.5. The van der Waals surface area contributed by atoms with E-state index in [9.17, 15) is 15.0 Å². The van der Waals surface area contributed by atoms with Crippen molar-refractivity contribution in [3.05, 3.63) is 17.0 Å². The van der Waals surface area contributed by atoms with Gasteiger partial charge in [0.25, 0.3) is 5.91 Å². The zero-order valence-electron chi connectivity index (χ0n) is 13.6. The molecule has 0 saturated carbocycles. The highest BCUT2D eigenvalue weighted by Crippen LogP contribution is 2.30. The van der Waals surface area contributed by atoms with E-state index in [0.717, 1.165) is 11.3 Å². The third-order valence-corrected chi connectivity index (χ3v) is 4.17. The van der Waals surface area contributed by atoms with E-state index in [-0.39, 0.29) is 37.9 Å². The summed E-state index contributed by atoms with van der Waals surface area (Å²) in [6, 6.07) is 0. The van der Waals surface area contributed by atoms with Crippen molar-refractivity contribution >= 4 is 5.91 Å². The predicted octanol–water partition coefficient (Wildman–Crippen LogP) is 0.495. The first-order chi connectivity index (χ1) is 10.3. The number of hydrogen-bond donors (Lipinski definition) is 3. The molecule has 1 amide bonds. The first kappa shape index (κ1) is 16.9. The Hall–Kier alpha value is -1.44. The van der Waals surface area contributed by atoms with Crippen LogP contribution < -0.4 is 0 Å². The number of fused-ring (bicyclic) bond motifs is 1. The van der Waals surface area contributed by atoms with E-state index in [1.54, 1.807) is 14.0 Å². The first-order valence-corrected chi connectivity index (χ1v) is 7.51. The van der Waals surface area contributed by atoms with Crippen LogP contribution in [0, 0.1) is 5.41 Å². The van der Waals surface area contributed by atoms with Crippen molar-refractivity contribution in [3.8, 4) is 0 Å². The average Bonchev–Trinajstić information content (AvgIpc) is 2.90. The average molecular weight is 311 g/mol. The highest BCUT2D eigenvalue weighted by atomic mass is 16.5. The summed E-state index contributed by atoms with van der Waals surface area (Å²) in [5.41, 5.74) is 1.42. The predicted molar refractivity (Wildman–Crippen MR) is 80.5 cm³/mol. The number of ether oxygens (including phenoxy) is 1. The molecule has 1 aromatic heterocycles.